The molecule has 1 heterocycles. The zero-order valence-corrected chi connectivity index (χ0v) is 10.3. The van der Waals surface area contributed by atoms with Crippen molar-refractivity contribution in [1.82, 2.24) is 10.2 Å². The van der Waals surface area contributed by atoms with Gasteiger partial charge in [0, 0.05) is 18.4 Å². The van der Waals surface area contributed by atoms with Crippen LogP contribution in [0.4, 0.5) is 5.82 Å². The topological polar surface area (TPSA) is 29.0 Å². The van der Waals surface area contributed by atoms with E-state index < -0.39 is 0 Å². The molecule has 0 fully saturated rings. The van der Waals surface area contributed by atoms with Crippen molar-refractivity contribution in [2.75, 3.05) is 23.3 Å². The van der Waals surface area contributed by atoms with Gasteiger partial charge >= 0.3 is 0 Å². The molecule has 0 aliphatic rings. The van der Waals surface area contributed by atoms with E-state index in [2.05, 4.69) is 44.0 Å². The average molecular weight is 258 g/mol. The van der Waals surface area contributed by atoms with Gasteiger partial charge in [0.05, 0.1) is 6.20 Å². The smallest absolute Gasteiger partial charge is 0.151 e. The van der Waals surface area contributed by atoms with Crippen LogP contribution in [0.25, 0.3) is 0 Å². The number of anilines is 1. The van der Waals surface area contributed by atoms with Crippen molar-refractivity contribution in [1.29, 1.82) is 0 Å². The van der Waals surface area contributed by atoms with Crippen LogP contribution < -0.4 is 4.90 Å². The third kappa shape index (κ3) is 3.25. The van der Waals surface area contributed by atoms with Crippen LogP contribution in [0.2, 0.25) is 0 Å². The van der Waals surface area contributed by atoms with E-state index in [9.17, 15) is 0 Å². The summed E-state index contributed by atoms with van der Waals surface area (Å²) in [6, 6.07) is 2.07. The van der Waals surface area contributed by atoms with E-state index in [1.165, 1.54) is 0 Å². The Morgan fingerprint density at radius 1 is 1.43 bits per heavy atom. The van der Waals surface area contributed by atoms with E-state index in [0.717, 1.165) is 36.2 Å². The van der Waals surface area contributed by atoms with Gasteiger partial charge < -0.3 is 4.90 Å². The number of aryl methyl sites for hydroxylation is 1. The van der Waals surface area contributed by atoms with Crippen molar-refractivity contribution in [3.63, 3.8) is 0 Å². The van der Waals surface area contributed by atoms with Crippen LogP contribution >= 0.6 is 15.9 Å². The predicted octanol–water partition coefficient (Wildman–Crippen LogP) is 2.40. The van der Waals surface area contributed by atoms with Crippen molar-refractivity contribution < 1.29 is 0 Å². The second-order valence-electron chi connectivity index (χ2n) is 3.27. The molecule has 0 aliphatic carbocycles. The van der Waals surface area contributed by atoms with Gasteiger partial charge in [0.1, 0.15) is 0 Å². The zero-order chi connectivity index (χ0) is 10.4. The molecule has 0 saturated heterocycles. The van der Waals surface area contributed by atoms with Gasteiger partial charge in [0.2, 0.25) is 0 Å². The standard InChI is InChI=1S/C10H16BrN3/c1-3-5-14(6-4-11)10-7-9(2)8-12-13-10/h7-8H,3-6H2,1-2H3. The minimum atomic E-state index is 0.961. The summed E-state index contributed by atoms with van der Waals surface area (Å²) in [5, 5.41) is 9.06. The van der Waals surface area contributed by atoms with E-state index in [1.54, 1.807) is 6.20 Å². The summed E-state index contributed by atoms with van der Waals surface area (Å²) in [6.07, 6.45) is 2.91. The van der Waals surface area contributed by atoms with Crippen LogP contribution in [0.5, 0.6) is 0 Å². The molecule has 0 radical (unpaired) electrons. The molecule has 0 unspecified atom stereocenters. The Bertz CT molecular complexity index is 272. The first-order chi connectivity index (χ1) is 6.77. The Balaban J connectivity index is 2.75. The van der Waals surface area contributed by atoms with Gasteiger partial charge in [0.25, 0.3) is 0 Å². The third-order valence-corrected chi connectivity index (χ3v) is 2.30. The minimum absolute atomic E-state index is 0.961. The fourth-order valence-corrected chi connectivity index (χ4v) is 1.74. The van der Waals surface area contributed by atoms with Crippen molar-refractivity contribution in [3.05, 3.63) is 17.8 Å². The average Bonchev–Trinajstić information content (AvgIpc) is 2.17. The molecule has 0 bridgehead atoms. The summed E-state index contributed by atoms with van der Waals surface area (Å²) < 4.78 is 0. The Hall–Kier alpha value is -0.640. The Labute approximate surface area is 93.7 Å². The number of aromatic nitrogens is 2. The van der Waals surface area contributed by atoms with Gasteiger partial charge in [0.15, 0.2) is 5.82 Å². The lowest BCUT2D eigenvalue weighted by molar-refractivity contribution is 0.770. The highest BCUT2D eigenvalue weighted by Crippen LogP contribution is 2.11. The number of alkyl halides is 1. The van der Waals surface area contributed by atoms with Crippen LogP contribution in [-0.2, 0) is 0 Å². The lowest BCUT2D eigenvalue weighted by Crippen LogP contribution is -2.27. The number of nitrogens with zero attached hydrogens (tertiary/aromatic N) is 3. The van der Waals surface area contributed by atoms with Gasteiger partial charge in [-0.2, -0.15) is 5.10 Å². The summed E-state index contributed by atoms with van der Waals surface area (Å²) in [5.74, 6) is 0.978. The molecular weight excluding hydrogens is 242 g/mol. The lowest BCUT2D eigenvalue weighted by Gasteiger charge is -2.21. The molecule has 0 amide bonds. The molecular formula is C10H16BrN3. The molecule has 78 valence electrons. The van der Waals surface area contributed by atoms with Gasteiger partial charge in [-0.1, -0.05) is 22.9 Å². The fourth-order valence-electron chi connectivity index (χ4n) is 1.32. The monoisotopic (exact) mass is 257 g/mol. The number of hydrogen-bond donors (Lipinski definition) is 0. The highest BCUT2D eigenvalue weighted by Gasteiger charge is 2.06. The Morgan fingerprint density at radius 3 is 2.79 bits per heavy atom. The minimum Gasteiger partial charge on any atom is -0.354 e. The highest BCUT2D eigenvalue weighted by molar-refractivity contribution is 9.09. The summed E-state index contributed by atoms with van der Waals surface area (Å²) in [4.78, 5) is 2.24. The van der Waals surface area contributed by atoms with Crippen molar-refractivity contribution >= 4 is 21.7 Å². The first-order valence-corrected chi connectivity index (χ1v) is 6.00. The maximum Gasteiger partial charge on any atom is 0.151 e. The normalized spacial score (nSPS) is 10.2. The van der Waals surface area contributed by atoms with E-state index in [4.69, 9.17) is 0 Å². The van der Waals surface area contributed by atoms with E-state index in [-0.39, 0.29) is 0 Å². The number of halogens is 1. The maximum absolute atomic E-state index is 4.13. The third-order valence-electron chi connectivity index (χ3n) is 1.95. The molecule has 1 aromatic heterocycles. The predicted molar refractivity (Wildman–Crippen MR) is 63.1 cm³/mol. The van der Waals surface area contributed by atoms with Crippen molar-refractivity contribution in [3.8, 4) is 0 Å². The molecule has 0 saturated carbocycles. The second kappa shape index (κ2) is 5.96. The molecule has 0 aromatic carbocycles. The van der Waals surface area contributed by atoms with Gasteiger partial charge in [-0.05, 0) is 25.0 Å². The number of rotatable bonds is 5. The molecule has 14 heavy (non-hydrogen) atoms. The maximum atomic E-state index is 4.13. The quantitative estimate of drug-likeness (QED) is 0.759. The molecule has 0 spiro atoms. The van der Waals surface area contributed by atoms with Gasteiger partial charge in [-0.3, -0.25) is 0 Å². The molecule has 0 N–H and O–H groups in total. The highest BCUT2D eigenvalue weighted by atomic mass is 79.9. The van der Waals surface area contributed by atoms with Crippen LogP contribution in [0, 0.1) is 6.92 Å². The van der Waals surface area contributed by atoms with Crippen molar-refractivity contribution in [2.24, 2.45) is 0 Å². The van der Waals surface area contributed by atoms with Crippen LogP contribution in [0.15, 0.2) is 12.3 Å². The van der Waals surface area contributed by atoms with Gasteiger partial charge in [-0.15, -0.1) is 5.10 Å². The van der Waals surface area contributed by atoms with Crippen LogP contribution in [-0.4, -0.2) is 28.6 Å². The number of hydrogen-bond acceptors (Lipinski definition) is 3. The molecule has 1 aromatic rings. The molecule has 4 heteroatoms. The fraction of sp³-hybridized carbons (Fsp3) is 0.600. The largest absolute Gasteiger partial charge is 0.354 e. The van der Waals surface area contributed by atoms with E-state index in [0.29, 0.717) is 0 Å². The van der Waals surface area contributed by atoms with Crippen LogP contribution in [0.3, 0.4) is 0 Å². The molecule has 3 nitrogen and oxygen atoms in total. The van der Waals surface area contributed by atoms with E-state index in [1.807, 2.05) is 6.92 Å². The Kier molecular flexibility index (Phi) is 4.87. The summed E-state index contributed by atoms with van der Waals surface area (Å²) in [7, 11) is 0. The van der Waals surface area contributed by atoms with Gasteiger partial charge in [-0.25, -0.2) is 0 Å². The molecule has 0 aliphatic heterocycles. The van der Waals surface area contributed by atoms with Crippen molar-refractivity contribution in [2.45, 2.75) is 20.3 Å². The summed E-state index contributed by atoms with van der Waals surface area (Å²) >= 11 is 3.45. The van der Waals surface area contributed by atoms with Crippen LogP contribution in [0.1, 0.15) is 18.9 Å². The zero-order valence-electron chi connectivity index (χ0n) is 8.70. The summed E-state index contributed by atoms with van der Waals surface area (Å²) in [5.41, 5.74) is 1.16. The Morgan fingerprint density at radius 2 is 2.21 bits per heavy atom. The lowest BCUT2D eigenvalue weighted by atomic mass is 10.3. The second-order valence-corrected chi connectivity index (χ2v) is 4.06. The first-order valence-electron chi connectivity index (χ1n) is 4.88. The SMILES string of the molecule is CCCN(CCBr)c1cc(C)cnn1. The van der Waals surface area contributed by atoms with E-state index >= 15 is 0 Å². The summed E-state index contributed by atoms with van der Waals surface area (Å²) in [6.45, 7) is 6.22. The molecule has 1 rings (SSSR count). The first kappa shape index (κ1) is 11.4. The molecule has 0 atom stereocenters.